The maximum atomic E-state index is 14.2. The van der Waals surface area contributed by atoms with E-state index in [1.807, 2.05) is 37.1 Å². The Bertz CT molecular complexity index is 1620. The number of nitriles is 1. The maximum absolute atomic E-state index is 14.2. The number of rotatable bonds is 6. The Balaban J connectivity index is 1.29. The SMILES string of the molecule is CC(Oc1cc(N2CCC(N(C)C)C2)nc(-c2noc3c2CCCC32CCc3ccc(N)c(C#N)c32)n1)C1CC(F)CN1C. The summed E-state index contributed by atoms with van der Waals surface area (Å²) in [4.78, 5) is 16.5. The van der Waals surface area contributed by atoms with E-state index >= 15 is 0 Å². The van der Waals surface area contributed by atoms with Crippen LogP contribution < -0.4 is 15.4 Å². The largest absolute Gasteiger partial charge is 0.473 e. The monoisotopic (exact) mass is 600 g/mol. The Hall–Kier alpha value is -3.75. The molecule has 3 aromatic rings. The lowest BCUT2D eigenvalue weighted by Gasteiger charge is -2.33. The molecule has 5 unspecified atom stereocenters. The zero-order valence-electron chi connectivity index (χ0n) is 26.0. The minimum absolute atomic E-state index is 0.0411. The van der Waals surface area contributed by atoms with Crippen LogP contribution in [0.2, 0.25) is 0 Å². The summed E-state index contributed by atoms with van der Waals surface area (Å²) >= 11 is 0. The lowest BCUT2D eigenvalue weighted by atomic mass is 9.68. The summed E-state index contributed by atoms with van der Waals surface area (Å²) in [6.45, 7) is 4.12. The number of ether oxygens (including phenoxy) is 1. The smallest absolute Gasteiger partial charge is 0.219 e. The molecule has 0 amide bonds. The van der Waals surface area contributed by atoms with Gasteiger partial charge in [0.25, 0.3) is 0 Å². The fourth-order valence-corrected chi connectivity index (χ4v) is 8.16. The number of hydrogen-bond donors (Lipinski definition) is 1. The predicted molar refractivity (Wildman–Crippen MR) is 165 cm³/mol. The highest BCUT2D eigenvalue weighted by Gasteiger charge is 2.49. The summed E-state index contributed by atoms with van der Waals surface area (Å²) in [7, 11) is 6.16. The van der Waals surface area contributed by atoms with Gasteiger partial charge in [0.1, 0.15) is 24.2 Å². The standard InChI is InChI=1S/C33H41FN8O2/c1-19(26-14-21(34)17-41(26)4)43-28-15-27(42-13-10-22(18-42)40(2)3)37-32(38-28)30-23-6-5-11-33(31(23)44-39-30)12-9-20-7-8-25(36)24(16-35)29(20)33/h7-8,15,19,21-22,26H,5-6,9-14,17-18,36H2,1-4H3. The first-order valence-electron chi connectivity index (χ1n) is 15.8. The van der Waals surface area contributed by atoms with Crippen molar-refractivity contribution in [1.29, 1.82) is 5.26 Å². The van der Waals surface area contributed by atoms with Gasteiger partial charge in [-0.2, -0.15) is 10.2 Å². The molecule has 2 N–H and O–H groups in total. The number of hydrogen-bond acceptors (Lipinski definition) is 10. The minimum atomic E-state index is -0.855. The maximum Gasteiger partial charge on any atom is 0.219 e. The van der Waals surface area contributed by atoms with E-state index in [0.717, 1.165) is 79.9 Å². The second-order valence-electron chi connectivity index (χ2n) is 13.4. The number of likely N-dealkylation sites (N-methyl/N-ethyl adjacent to an activating group) is 2. The summed E-state index contributed by atoms with van der Waals surface area (Å²) in [6.07, 6.45) is 4.65. The van der Waals surface area contributed by atoms with Gasteiger partial charge in [-0.1, -0.05) is 11.2 Å². The molecule has 2 aromatic heterocycles. The van der Waals surface area contributed by atoms with Crippen LogP contribution in [0.3, 0.4) is 0 Å². The number of aromatic nitrogens is 3. The fraction of sp³-hybridized carbons (Fsp3) is 0.576. The van der Waals surface area contributed by atoms with Gasteiger partial charge >= 0.3 is 0 Å². The quantitative estimate of drug-likeness (QED) is 0.414. The van der Waals surface area contributed by atoms with E-state index in [9.17, 15) is 9.65 Å². The molecule has 0 bridgehead atoms. The molecular formula is C33H41FN8O2. The number of nitrogen functional groups attached to an aromatic ring is 1. The van der Waals surface area contributed by atoms with E-state index in [4.69, 9.17) is 25.0 Å². The van der Waals surface area contributed by atoms with E-state index in [2.05, 4.69) is 35.1 Å². The molecule has 0 saturated carbocycles. The third-order valence-electron chi connectivity index (χ3n) is 10.5. The highest BCUT2D eigenvalue weighted by atomic mass is 19.1. The van der Waals surface area contributed by atoms with Crippen LogP contribution in [0.1, 0.15) is 67.0 Å². The summed E-state index contributed by atoms with van der Waals surface area (Å²) in [5.41, 5.74) is 10.7. The number of fused-ring (bicyclic) bond motifs is 4. The topological polar surface area (TPSA) is 121 Å². The van der Waals surface area contributed by atoms with E-state index in [1.165, 1.54) is 0 Å². The first-order valence-corrected chi connectivity index (χ1v) is 15.8. The highest BCUT2D eigenvalue weighted by molar-refractivity contribution is 5.68. The van der Waals surface area contributed by atoms with Gasteiger partial charge in [-0.05, 0) is 90.2 Å². The molecule has 5 atom stereocenters. The molecule has 2 saturated heterocycles. The van der Waals surface area contributed by atoms with Crippen molar-refractivity contribution < 1.29 is 13.7 Å². The van der Waals surface area contributed by atoms with Gasteiger partial charge in [-0.25, -0.2) is 9.37 Å². The molecule has 11 heteroatoms. The van der Waals surface area contributed by atoms with Gasteiger partial charge in [0.05, 0.1) is 11.0 Å². The number of nitrogens with zero attached hydrogens (tertiary/aromatic N) is 7. The third-order valence-corrected chi connectivity index (χ3v) is 10.5. The average Bonchev–Trinajstić information content (AvgIpc) is 3.79. The van der Waals surface area contributed by atoms with Crippen molar-refractivity contribution in [1.82, 2.24) is 24.9 Å². The molecule has 232 valence electrons. The van der Waals surface area contributed by atoms with Crippen molar-refractivity contribution in [2.75, 3.05) is 51.4 Å². The van der Waals surface area contributed by atoms with E-state index in [-0.39, 0.29) is 12.1 Å². The van der Waals surface area contributed by atoms with E-state index < -0.39 is 11.6 Å². The van der Waals surface area contributed by atoms with Crippen molar-refractivity contribution in [3.63, 3.8) is 0 Å². The van der Waals surface area contributed by atoms with E-state index in [1.54, 1.807) is 0 Å². The number of halogens is 1. The average molecular weight is 601 g/mol. The molecular weight excluding hydrogens is 559 g/mol. The van der Waals surface area contributed by atoms with Crippen molar-refractivity contribution in [2.24, 2.45) is 0 Å². The summed E-state index contributed by atoms with van der Waals surface area (Å²) in [6, 6.07) is 8.55. The van der Waals surface area contributed by atoms with Crippen molar-refractivity contribution in [3.05, 3.63) is 46.2 Å². The summed E-state index contributed by atoms with van der Waals surface area (Å²) < 4.78 is 26.9. The molecule has 2 fully saturated rings. The summed E-state index contributed by atoms with van der Waals surface area (Å²) in [5.74, 6) is 2.52. The fourth-order valence-electron chi connectivity index (χ4n) is 8.16. The van der Waals surface area contributed by atoms with Crippen molar-refractivity contribution >= 4 is 11.5 Å². The molecule has 7 rings (SSSR count). The normalized spacial score (nSPS) is 27.1. The lowest BCUT2D eigenvalue weighted by Crippen LogP contribution is -2.38. The molecule has 1 spiro atoms. The van der Waals surface area contributed by atoms with Gasteiger partial charge in [0.2, 0.25) is 5.88 Å². The second-order valence-corrected chi connectivity index (χ2v) is 13.4. The Kier molecular flexibility index (Phi) is 7.25. The van der Waals surface area contributed by atoms with Crippen LogP contribution in [0.25, 0.3) is 11.5 Å². The van der Waals surface area contributed by atoms with Crippen molar-refractivity contribution in [2.45, 2.75) is 81.6 Å². The molecule has 0 radical (unpaired) electrons. The second kappa shape index (κ2) is 11.0. The Morgan fingerprint density at radius 1 is 1.23 bits per heavy atom. The van der Waals surface area contributed by atoms with Crippen LogP contribution in [0.5, 0.6) is 5.88 Å². The Labute approximate surface area is 258 Å². The van der Waals surface area contributed by atoms with Crippen LogP contribution in [-0.2, 0) is 18.3 Å². The lowest BCUT2D eigenvalue weighted by molar-refractivity contribution is 0.117. The zero-order valence-corrected chi connectivity index (χ0v) is 26.0. The number of nitrogens with two attached hydrogens (primary N) is 1. The highest BCUT2D eigenvalue weighted by Crippen LogP contribution is 2.54. The molecule has 2 aliphatic carbocycles. The van der Waals surface area contributed by atoms with Gasteiger partial charge in [-0.3, -0.25) is 4.90 Å². The van der Waals surface area contributed by atoms with Crippen LogP contribution >= 0.6 is 0 Å². The number of likely N-dealkylation sites (tertiary alicyclic amines) is 1. The van der Waals surface area contributed by atoms with Gasteiger partial charge in [0.15, 0.2) is 17.3 Å². The minimum Gasteiger partial charge on any atom is -0.473 e. The van der Waals surface area contributed by atoms with Gasteiger partial charge in [0, 0.05) is 49.0 Å². The van der Waals surface area contributed by atoms with Crippen LogP contribution in [-0.4, -0.2) is 90.1 Å². The molecule has 4 aliphatic rings. The molecule has 4 heterocycles. The molecule has 2 aliphatic heterocycles. The Morgan fingerprint density at radius 3 is 2.80 bits per heavy atom. The van der Waals surface area contributed by atoms with Crippen LogP contribution in [0.15, 0.2) is 22.7 Å². The van der Waals surface area contributed by atoms with Gasteiger partial charge in [-0.15, -0.1) is 0 Å². The summed E-state index contributed by atoms with van der Waals surface area (Å²) in [5, 5.41) is 14.7. The third kappa shape index (κ3) is 4.70. The molecule has 44 heavy (non-hydrogen) atoms. The number of alkyl halides is 1. The van der Waals surface area contributed by atoms with Crippen LogP contribution in [0.4, 0.5) is 15.9 Å². The number of aryl methyl sites for hydroxylation is 1. The Morgan fingerprint density at radius 2 is 2.07 bits per heavy atom. The van der Waals surface area contributed by atoms with Gasteiger partial charge < -0.3 is 24.8 Å². The molecule has 1 aromatic carbocycles. The van der Waals surface area contributed by atoms with E-state index in [0.29, 0.717) is 47.7 Å². The molecule has 10 nitrogen and oxygen atoms in total. The number of benzene rings is 1. The predicted octanol–water partition coefficient (Wildman–Crippen LogP) is 4.10. The first kappa shape index (κ1) is 29.0. The van der Waals surface area contributed by atoms with Crippen LogP contribution in [0, 0.1) is 11.3 Å². The van der Waals surface area contributed by atoms with Crippen molar-refractivity contribution in [3.8, 4) is 23.5 Å². The number of anilines is 2. The zero-order chi connectivity index (χ0) is 30.7. The first-order chi connectivity index (χ1) is 21.2.